The van der Waals surface area contributed by atoms with Gasteiger partial charge in [-0.25, -0.2) is 0 Å². The van der Waals surface area contributed by atoms with Gasteiger partial charge in [0.2, 0.25) is 5.91 Å². The van der Waals surface area contributed by atoms with Gasteiger partial charge in [-0.05, 0) is 71.0 Å². The summed E-state index contributed by atoms with van der Waals surface area (Å²) in [6, 6.07) is 4.81. The van der Waals surface area contributed by atoms with Crippen LogP contribution in [0.5, 0.6) is 0 Å². The summed E-state index contributed by atoms with van der Waals surface area (Å²) in [6.07, 6.45) is 8.41. The van der Waals surface area contributed by atoms with Crippen LogP contribution in [0.4, 0.5) is 0 Å². The smallest absolute Gasteiger partial charge is 0.226 e. The number of piperidine rings is 2. The zero-order valence-corrected chi connectivity index (χ0v) is 17.9. The van der Waals surface area contributed by atoms with Crippen molar-refractivity contribution in [2.75, 3.05) is 60.4 Å². The van der Waals surface area contributed by atoms with Crippen LogP contribution >= 0.6 is 0 Å². The van der Waals surface area contributed by atoms with Gasteiger partial charge in [-0.3, -0.25) is 19.6 Å². The number of hydrogen-bond acceptors (Lipinski definition) is 5. The average Bonchev–Trinajstić information content (AvgIpc) is 2.73. The Bertz CT molecular complexity index is 600. The van der Waals surface area contributed by atoms with Crippen LogP contribution in [0.2, 0.25) is 0 Å². The minimum atomic E-state index is 0.175. The Kier molecular flexibility index (Phi) is 7.82. The molecule has 0 radical (unpaired) electrons. The number of likely N-dealkylation sites (tertiary alicyclic amines) is 2. The van der Waals surface area contributed by atoms with Crippen molar-refractivity contribution in [1.82, 2.24) is 24.6 Å². The Morgan fingerprint density at radius 2 is 1.93 bits per heavy atom. The summed E-state index contributed by atoms with van der Waals surface area (Å²) < 4.78 is 0. The third-order valence-corrected chi connectivity index (χ3v) is 6.26. The second kappa shape index (κ2) is 10.3. The highest BCUT2D eigenvalue weighted by Gasteiger charge is 2.32. The number of likely N-dealkylation sites (N-methyl/N-ethyl adjacent to an activating group) is 2. The molecular weight excluding hydrogens is 350 g/mol. The Morgan fingerprint density at radius 1 is 1.14 bits per heavy atom. The van der Waals surface area contributed by atoms with Crippen LogP contribution in [0.25, 0.3) is 0 Å². The summed E-state index contributed by atoms with van der Waals surface area (Å²) >= 11 is 0. The van der Waals surface area contributed by atoms with Crippen molar-refractivity contribution in [2.24, 2.45) is 5.92 Å². The SMILES string of the molecule is CN(C)CCN(C)C(=O)C1CCCN(C2CCN(Cc3cccnc3)CC2)C1. The molecule has 0 bridgehead atoms. The van der Waals surface area contributed by atoms with Crippen LogP contribution in [0.15, 0.2) is 24.5 Å². The molecular formula is C22H37N5O. The minimum Gasteiger partial charge on any atom is -0.344 e. The fraction of sp³-hybridized carbons (Fsp3) is 0.727. The van der Waals surface area contributed by atoms with E-state index in [1.54, 1.807) is 0 Å². The second-order valence-electron chi connectivity index (χ2n) is 8.77. The van der Waals surface area contributed by atoms with Crippen molar-refractivity contribution in [3.05, 3.63) is 30.1 Å². The topological polar surface area (TPSA) is 42.9 Å². The molecule has 1 aromatic rings. The monoisotopic (exact) mass is 387 g/mol. The Morgan fingerprint density at radius 3 is 2.61 bits per heavy atom. The maximum atomic E-state index is 12.9. The van der Waals surface area contributed by atoms with Gasteiger partial charge in [0.1, 0.15) is 0 Å². The normalized spacial score (nSPS) is 22.5. The second-order valence-corrected chi connectivity index (χ2v) is 8.77. The quantitative estimate of drug-likeness (QED) is 0.713. The van der Waals surface area contributed by atoms with E-state index in [0.717, 1.165) is 58.7 Å². The van der Waals surface area contributed by atoms with E-state index >= 15 is 0 Å². The summed E-state index contributed by atoms with van der Waals surface area (Å²) in [6.45, 7) is 7.10. The molecule has 3 heterocycles. The first-order valence-corrected chi connectivity index (χ1v) is 10.8. The van der Waals surface area contributed by atoms with Crippen LogP contribution in [0.3, 0.4) is 0 Å². The summed E-state index contributed by atoms with van der Waals surface area (Å²) in [5, 5.41) is 0. The Hall–Kier alpha value is -1.50. The maximum Gasteiger partial charge on any atom is 0.226 e. The molecule has 0 N–H and O–H groups in total. The van der Waals surface area contributed by atoms with E-state index < -0.39 is 0 Å². The first-order chi connectivity index (χ1) is 13.5. The highest BCUT2D eigenvalue weighted by molar-refractivity contribution is 5.78. The summed E-state index contributed by atoms with van der Waals surface area (Å²) in [5.74, 6) is 0.509. The molecule has 3 rings (SSSR count). The molecule has 2 aliphatic rings. The largest absolute Gasteiger partial charge is 0.344 e. The highest BCUT2D eigenvalue weighted by Crippen LogP contribution is 2.25. The van der Waals surface area contributed by atoms with Crippen molar-refractivity contribution in [2.45, 2.75) is 38.3 Å². The van der Waals surface area contributed by atoms with Crippen LogP contribution < -0.4 is 0 Å². The highest BCUT2D eigenvalue weighted by atomic mass is 16.2. The molecule has 1 aromatic heterocycles. The van der Waals surface area contributed by atoms with E-state index in [2.05, 4.69) is 39.8 Å². The predicted octanol–water partition coefficient (Wildman–Crippen LogP) is 1.78. The van der Waals surface area contributed by atoms with Crippen molar-refractivity contribution >= 4 is 5.91 Å². The molecule has 2 aliphatic heterocycles. The van der Waals surface area contributed by atoms with Crippen LogP contribution in [0, 0.1) is 5.92 Å². The number of amides is 1. The van der Waals surface area contributed by atoms with E-state index in [9.17, 15) is 4.79 Å². The molecule has 0 saturated carbocycles. The van der Waals surface area contributed by atoms with Crippen molar-refractivity contribution in [1.29, 1.82) is 0 Å². The number of rotatable bonds is 7. The Balaban J connectivity index is 1.45. The van der Waals surface area contributed by atoms with E-state index in [1.165, 1.54) is 18.4 Å². The van der Waals surface area contributed by atoms with Gasteiger partial charge in [0.05, 0.1) is 5.92 Å². The van der Waals surface area contributed by atoms with Gasteiger partial charge in [-0.2, -0.15) is 0 Å². The van der Waals surface area contributed by atoms with E-state index in [1.807, 2.05) is 30.4 Å². The van der Waals surface area contributed by atoms with E-state index in [4.69, 9.17) is 0 Å². The molecule has 2 fully saturated rings. The van der Waals surface area contributed by atoms with E-state index in [-0.39, 0.29) is 5.92 Å². The van der Waals surface area contributed by atoms with Gasteiger partial charge >= 0.3 is 0 Å². The fourth-order valence-electron chi connectivity index (χ4n) is 4.50. The lowest BCUT2D eigenvalue weighted by Gasteiger charge is -2.42. The summed E-state index contributed by atoms with van der Waals surface area (Å²) in [4.78, 5) is 26.3. The first kappa shape index (κ1) is 21.2. The first-order valence-electron chi connectivity index (χ1n) is 10.8. The standard InChI is InChI=1S/C22H37N5O/c1-24(2)14-15-25(3)22(28)20-7-5-11-27(18-20)21-8-12-26(13-9-21)17-19-6-4-10-23-16-19/h4,6,10,16,20-21H,5,7-9,11-15,17-18H2,1-3H3. The molecule has 1 atom stereocenters. The minimum absolute atomic E-state index is 0.175. The van der Waals surface area contributed by atoms with Gasteiger partial charge in [0.25, 0.3) is 0 Å². The summed E-state index contributed by atoms with van der Waals surface area (Å²) in [7, 11) is 6.07. The van der Waals surface area contributed by atoms with Gasteiger partial charge in [0, 0.05) is 51.7 Å². The predicted molar refractivity (Wildman–Crippen MR) is 113 cm³/mol. The summed E-state index contributed by atoms with van der Waals surface area (Å²) in [5.41, 5.74) is 1.30. The van der Waals surface area contributed by atoms with Gasteiger partial charge < -0.3 is 9.80 Å². The Labute approximate surface area is 170 Å². The van der Waals surface area contributed by atoms with Crippen LogP contribution in [-0.2, 0) is 11.3 Å². The van der Waals surface area contributed by atoms with Gasteiger partial charge in [-0.1, -0.05) is 6.07 Å². The zero-order chi connectivity index (χ0) is 19.9. The number of pyridine rings is 1. The third-order valence-electron chi connectivity index (χ3n) is 6.26. The molecule has 156 valence electrons. The zero-order valence-electron chi connectivity index (χ0n) is 17.9. The van der Waals surface area contributed by atoms with Crippen molar-refractivity contribution in [3.63, 3.8) is 0 Å². The van der Waals surface area contributed by atoms with Crippen molar-refractivity contribution in [3.8, 4) is 0 Å². The number of carbonyl (C=O) groups is 1. The van der Waals surface area contributed by atoms with Crippen LogP contribution in [-0.4, -0.2) is 96.9 Å². The van der Waals surface area contributed by atoms with Crippen molar-refractivity contribution < 1.29 is 4.79 Å². The van der Waals surface area contributed by atoms with Crippen LogP contribution in [0.1, 0.15) is 31.2 Å². The number of aromatic nitrogens is 1. The maximum absolute atomic E-state index is 12.9. The molecule has 1 amide bonds. The van der Waals surface area contributed by atoms with E-state index in [0.29, 0.717) is 11.9 Å². The molecule has 0 aliphatic carbocycles. The molecule has 6 nitrogen and oxygen atoms in total. The third kappa shape index (κ3) is 6.00. The molecule has 0 spiro atoms. The van der Waals surface area contributed by atoms with Gasteiger partial charge in [0.15, 0.2) is 0 Å². The lowest BCUT2D eigenvalue weighted by Crippen LogP contribution is -2.51. The average molecular weight is 388 g/mol. The number of nitrogens with zero attached hydrogens (tertiary/aromatic N) is 5. The number of carbonyl (C=O) groups excluding carboxylic acids is 1. The molecule has 0 aromatic carbocycles. The fourth-order valence-corrected chi connectivity index (χ4v) is 4.50. The molecule has 6 heteroatoms. The molecule has 28 heavy (non-hydrogen) atoms. The van der Waals surface area contributed by atoms with Gasteiger partial charge in [-0.15, -0.1) is 0 Å². The molecule has 2 saturated heterocycles. The molecule has 1 unspecified atom stereocenters. The lowest BCUT2D eigenvalue weighted by atomic mass is 9.93. The lowest BCUT2D eigenvalue weighted by molar-refractivity contribution is -0.136. The number of hydrogen-bond donors (Lipinski definition) is 0.